The first kappa shape index (κ1) is 25.8. The molecule has 35 heavy (non-hydrogen) atoms. The monoisotopic (exact) mass is 510 g/mol. The molecule has 0 heterocycles. The van der Waals surface area contributed by atoms with Crippen molar-refractivity contribution in [2.75, 3.05) is 12.4 Å². The molecule has 0 unspecified atom stereocenters. The van der Waals surface area contributed by atoms with Crippen molar-refractivity contribution in [2.45, 2.75) is 25.7 Å². The van der Waals surface area contributed by atoms with Gasteiger partial charge in [0.05, 0.1) is 12.1 Å². The average Bonchev–Trinajstić information content (AvgIpc) is 2.82. The van der Waals surface area contributed by atoms with Gasteiger partial charge in [-0.1, -0.05) is 41.4 Å². The summed E-state index contributed by atoms with van der Waals surface area (Å²) in [6.45, 7) is 5.62. The van der Waals surface area contributed by atoms with Gasteiger partial charge in [-0.3, -0.25) is 4.79 Å². The molecular formula is C26H23ClN2O5S. The van der Waals surface area contributed by atoms with Crippen molar-refractivity contribution < 1.29 is 22.1 Å². The molecule has 0 spiro atoms. The van der Waals surface area contributed by atoms with Gasteiger partial charge in [0, 0.05) is 5.69 Å². The van der Waals surface area contributed by atoms with Gasteiger partial charge in [-0.15, -0.1) is 0 Å². The Balaban J connectivity index is 1.92. The van der Waals surface area contributed by atoms with E-state index in [1.807, 2.05) is 39.0 Å². The first-order chi connectivity index (χ1) is 16.6. The minimum Gasteiger partial charge on any atom is -0.493 e. The molecule has 0 atom stereocenters. The van der Waals surface area contributed by atoms with Crippen molar-refractivity contribution in [3.05, 3.63) is 87.4 Å². The zero-order valence-electron chi connectivity index (χ0n) is 19.5. The van der Waals surface area contributed by atoms with Crippen molar-refractivity contribution in [1.29, 1.82) is 5.26 Å². The number of benzene rings is 3. The number of halogens is 1. The number of nitrogens with zero attached hydrogens (tertiary/aromatic N) is 1. The molecule has 0 aliphatic rings. The molecule has 0 radical (unpaired) electrons. The van der Waals surface area contributed by atoms with E-state index in [9.17, 15) is 18.5 Å². The predicted octanol–water partition coefficient (Wildman–Crippen LogP) is 5.59. The molecule has 180 valence electrons. The lowest BCUT2D eigenvalue weighted by Gasteiger charge is -2.14. The molecule has 0 aliphatic heterocycles. The lowest BCUT2D eigenvalue weighted by atomic mass is 10.1. The van der Waals surface area contributed by atoms with Gasteiger partial charge in [0.2, 0.25) is 5.75 Å². The van der Waals surface area contributed by atoms with Crippen molar-refractivity contribution in [3.63, 3.8) is 0 Å². The van der Waals surface area contributed by atoms with Gasteiger partial charge in [-0.25, -0.2) is 0 Å². The van der Waals surface area contributed by atoms with E-state index in [1.165, 1.54) is 37.5 Å². The number of amides is 1. The first-order valence-corrected chi connectivity index (χ1v) is 12.2. The molecule has 7 nitrogen and oxygen atoms in total. The number of aryl methyl sites for hydroxylation is 2. The van der Waals surface area contributed by atoms with Gasteiger partial charge in [0.25, 0.3) is 5.91 Å². The third kappa shape index (κ3) is 6.01. The van der Waals surface area contributed by atoms with E-state index in [-0.39, 0.29) is 27.0 Å². The maximum atomic E-state index is 12.7. The Morgan fingerprint density at radius 3 is 2.40 bits per heavy atom. The van der Waals surface area contributed by atoms with E-state index in [0.717, 1.165) is 16.7 Å². The SMILES string of the molecule is COc1cc(/C=C(\C#N)C(=O)Nc2cccc(C)c2C)cc(Cl)c1OS(=O)(=O)c1ccc(C)cc1. The second-order valence-corrected chi connectivity index (χ2v) is 9.71. The third-order valence-electron chi connectivity index (χ3n) is 5.28. The molecule has 3 aromatic carbocycles. The number of anilines is 1. The van der Waals surface area contributed by atoms with Crippen LogP contribution in [0.25, 0.3) is 6.08 Å². The Morgan fingerprint density at radius 1 is 1.09 bits per heavy atom. The van der Waals surface area contributed by atoms with Crippen molar-refractivity contribution in [2.24, 2.45) is 0 Å². The minimum absolute atomic E-state index is 0.0201. The van der Waals surface area contributed by atoms with Crippen LogP contribution in [0.3, 0.4) is 0 Å². The quantitative estimate of drug-likeness (QED) is 0.252. The summed E-state index contributed by atoms with van der Waals surface area (Å²) in [6, 6.07) is 16.3. The van der Waals surface area contributed by atoms with E-state index in [2.05, 4.69) is 5.32 Å². The third-order valence-corrected chi connectivity index (χ3v) is 6.80. The van der Waals surface area contributed by atoms with Crippen LogP contribution in [-0.2, 0) is 14.9 Å². The molecule has 0 bridgehead atoms. The van der Waals surface area contributed by atoms with Crippen molar-refractivity contribution >= 4 is 39.4 Å². The molecule has 0 aromatic heterocycles. The summed E-state index contributed by atoms with van der Waals surface area (Å²) < 4.78 is 36.0. The highest BCUT2D eigenvalue weighted by molar-refractivity contribution is 7.87. The predicted molar refractivity (Wildman–Crippen MR) is 135 cm³/mol. The molecule has 0 fully saturated rings. The second-order valence-electron chi connectivity index (χ2n) is 7.76. The average molecular weight is 511 g/mol. The summed E-state index contributed by atoms with van der Waals surface area (Å²) >= 11 is 6.32. The standard InChI is InChI=1S/C26H23ClN2O5S/c1-16-8-10-21(11-9-16)35(31,32)34-25-22(27)13-19(14-24(25)33-4)12-20(15-28)26(30)29-23-7-5-6-17(2)18(23)3/h5-14H,1-4H3,(H,29,30)/b20-12+. The van der Waals surface area contributed by atoms with Crippen LogP contribution in [0, 0.1) is 32.1 Å². The van der Waals surface area contributed by atoms with E-state index in [0.29, 0.717) is 11.3 Å². The van der Waals surface area contributed by atoms with Crippen LogP contribution in [0.5, 0.6) is 11.5 Å². The highest BCUT2D eigenvalue weighted by Crippen LogP contribution is 2.39. The number of ether oxygens (including phenoxy) is 1. The van der Waals surface area contributed by atoms with E-state index in [4.69, 9.17) is 20.5 Å². The minimum atomic E-state index is -4.18. The zero-order valence-corrected chi connectivity index (χ0v) is 21.1. The number of carbonyl (C=O) groups is 1. The van der Waals surface area contributed by atoms with Crippen LogP contribution in [0.15, 0.2) is 65.1 Å². The topological polar surface area (TPSA) is 105 Å². The van der Waals surface area contributed by atoms with Crippen molar-refractivity contribution in [1.82, 2.24) is 0 Å². The summed E-state index contributed by atoms with van der Waals surface area (Å²) in [5.41, 5.74) is 3.55. The van der Waals surface area contributed by atoms with Gasteiger partial charge >= 0.3 is 10.1 Å². The Bertz CT molecular complexity index is 1460. The summed E-state index contributed by atoms with van der Waals surface area (Å²) in [5.74, 6) is -0.782. The first-order valence-electron chi connectivity index (χ1n) is 10.4. The highest BCUT2D eigenvalue weighted by atomic mass is 35.5. The normalized spacial score (nSPS) is 11.5. The Kier molecular flexibility index (Phi) is 7.85. The molecule has 0 saturated carbocycles. The molecule has 0 aliphatic carbocycles. The molecule has 0 saturated heterocycles. The number of carbonyl (C=O) groups excluding carboxylic acids is 1. The van der Waals surface area contributed by atoms with E-state index in [1.54, 1.807) is 18.2 Å². The molecule has 1 N–H and O–H groups in total. The van der Waals surface area contributed by atoms with E-state index >= 15 is 0 Å². The Hall–Kier alpha value is -3.80. The number of nitrogens with one attached hydrogen (secondary N) is 1. The fourth-order valence-corrected chi connectivity index (χ4v) is 4.42. The number of rotatable bonds is 7. The molecule has 3 rings (SSSR count). The zero-order chi connectivity index (χ0) is 25.8. The lowest BCUT2D eigenvalue weighted by Crippen LogP contribution is -2.14. The second kappa shape index (κ2) is 10.6. The van der Waals surface area contributed by atoms with Gasteiger partial charge in [-0.2, -0.15) is 13.7 Å². The summed E-state index contributed by atoms with van der Waals surface area (Å²) in [6.07, 6.45) is 1.33. The number of hydrogen-bond donors (Lipinski definition) is 1. The van der Waals surface area contributed by atoms with Crippen molar-refractivity contribution in [3.8, 4) is 17.6 Å². The summed E-state index contributed by atoms with van der Waals surface area (Å²) in [5, 5.41) is 12.2. The molecule has 1 amide bonds. The van der Waals surface area contributed by atoms with Crippen LogP contribution in [0.2, 0.25) is 5.02 Å². The maximum Gasteiger partial charge on any atom is 0.339 e. The molecular weight excluding hydrogens is 488 g/mol. The largest absolute Gasteiger partial charge is 0.493 e. The Labute approximate surface area is 209 Å². The molecule has 3 aromatic rings. The van der Waals surface area contributed by atoms with E-state index < -0.39 is 16.0 Å². The summed E-state index contributed by atoms with van der Waals surface area (Å²) in [4.78, 5) is 12.7. The van der Waals surface area contributed by atoms with Crippen LogP contribution in [0.4, 0.5) is 5.69 Å². The Morgan fingerprint density at radius 2 is 1.77 bits per heavy atom. The van der Waals surface area contributed by atoms with Gasteiger partial charge in [0.1, 0.15) is 16.5 Å². The number of methoxy groups -OCH3 is 1. The van der Waals surface area contributed by atoms with Gasteiger partial charge in [0.15, 0.2) is 5.75 Å². The van der Waals surface area contributed by atoms with Crippen LogP contribution in [0.1, 0.15) is 22.3 Å². The fraction of sp³-hybridized carbons (Fsp3) is 0.154. The van der Waals surface area contributed by atoms with Gasteiger partial charge in [-0.05, 0) is 73.9 Å². The smallest absolute Gasteiger partial charge is 0.339 e. The molecule has 9 heteroatoms. The van der Waals surface area contributed by atoms with Crippen LogP contribution < -0.4 is 14.2 Å². The summed E-state index contributed by atoms with van der Waals surface area (Å²) in [7, 11) is -2.86. The number of hydrogen-bond acceptors (Lipinski definition) is 6. The van der Waals surface area contributed by atoms with Crippen LogP contribution >= 0.6 is 11.6 Å². The lowest BCUT2D eigenvalue weighted by molar-refractivity contribution is -0.112. The number of nitriles is 1. The van der Waals surface area contributed by atoms with Gasteiger partial charge < -0.3 is 14.2 Å². The van der Waals surface area contributed by atoms with Crippen LogP contribution in [-0.4, -0.2) is 21.4 Å². The highest BCUT2D eigenvalue weighted by Gasteiger charge is 2.22. The maximum absolute atomic E-state index is 12.7. The fourth-order valence-electron chi connectivity index (χ4n) is 3.16.